The number of methoxy groups -OCH3 is 1. The van der Waals surface area contributed by atoms with Crippen LogP contribution in [0.3, 0.4) is 0 Å². The van der Waals surface area contributed by atoms with Gasteiger partial charge in [-0.3, -0.25) is 14.9 Å². The minimum atomic E-state index is -0.609. The molecule has 0 saturated carbocycles. The Kier molecular flexibility index (Phi) is 5.77. The van der Waals surface area contributed by atoms with Gasteiger partial charge in [0, 0.05) is 17.5 Å². The minimum Gasteiger partial charge on any atom is -0.468 e. The van der Waals surface area contributed by atoms with Gasteiger partial charge in [-0.2, -0.15) is 0 Å². The van der Waals surface area contributed by atoms with Crippen molar-refractivity contribution in [2.45, 2.75) is 24.9 Å². The second-order valence-corrected chi connectivity index (χ2v) is 7.75. The monoisotopic (exact) mass is 399 g/mol. The lowest BCUT2D eigenvalue weighted by Gasteiger charge is -2.25. The number of nitrogens with one attached hydrogen (secondary N) is 1. The normalized spacial score (nSPS) is 23.1. The first kappa shape index (κ1) is 20.0. The molecule has 3 aromatic rings. The standard InChI is InChI=1S/C26H25NO3/c1-17-13-15-20(16-14-17)25(28)22-21(18-9-5-3-6-10-18)24(26(29)30-2)27-23(22)19-11-7-4-8-12-19/h3-16,21-24,27H,1-2H3/t21-,22?,23?,24-/m1/s1. The lowest BCUT2D eigenvalue weighted by atomic mass is 9.76. The Balaban J connectivity index is 1.84. The molecule has 0 bridgehead atoms. The van der Waals surface area contributed by atoms with Crippen LogP contribution >= 0.6 is 0 Å². The number of aryl methyl sites for hydroxylation is 1. The van der Waals surface area contributed by atoms with E-state index in [2.05, 4.69) is 5.32 Å². The molecule has 0 aliphatic carbocycles. The maximum atomic E-state index is 13.8. The average Bonchev–Trinajstić information content (AvgIpc) is 3.20. The number of carbonyl (C=O) groups excluding carboxylic acids is 2. The van der Waals surface area contributed by atoms with E-state index in [1.165, 1.54) is 7.11 Å². The van der Waals surface area contributed by atoms with Gasteiger partial charge < -0.3 is 4.74 Å². The number of benzene rings is 3. The average molecular weight is 399 g/mol. The molecule has 1 aliphatic heterocycles. The molecule has 1 heterocycles. The van der Waals surface area contributed by atoms with Crippen LogP contribution < -0.4 is 5.32 Å². The topological polar surface area (TPSA) is 55.4 Å². The SMILES string of the molecule is COC(=O)[C@@H]1NC(c2ccccc2)C(C(=O)c2ccc(C)cc2)[C@H]1c1ccccc1. The molecular weight excluding hydrogens is 374 g/mol. The number of ketones is 1. The van der Waals surface area contributed by atoms with Crippen molar-refractivity contribution in [1.29, 1.82) is 0 Å². The summed E-state index contributed by atoms with van der Waals surface area (Å²) in [5, 5.41) is 3.42. The van der Waals surface area contributed by atoms with Crippen LogP contribution in [0.2, 0.25) is 0 Å². The smallest absolute Gasteiger partial charge is 0.323 e. The molecule has 1 aliphatic rings. The molecule has 152 valence electrons. The predicted octanol–water partition coefficient (Wildman–Crippen LogP) is 4.46. The van der Waals surface area contributed by atoms with Gasteiger partial charge in [0.25, 0.3) is 0 Å². The number of hydrogen-bond acceptors (Lipinski definition) is 4. The quantitative estimate of drug-likeness (QED) is 0.508. The number of hydrogen-bond donors (Lipinski definition) is 1. The second kappa shape index (κ2) is 8.64. The highest BCUT2D eigenvalue weighted by Crippen LogP contribution is 2.45. The number of rotatable bonds is 5. The maximum Gasteiger partial charge on any atom is 0.323 e. The van der Waals surface area contributed by atoms with Crippen molar-refractivity contribution in [2.24, 2.45) is 5.92 Å². The van der Waals surface area contributed by atoms with Gasteiger partial charge in [0.05, 0.1) is 13.0 Å². The van der Waals surface area contributed by atoms with E-state index in [1.54, 1.807) is 0 Å². The third kappa shape index (κ3) is 3.79. The molecular formula is C26H25NO3. The Hall–Kier alpha value is -3.24. The van der Waals surface area contributed by atoms with E-state index >= 15 is 0 Å². The van der Waals surface area contributed by atoms with Crippen molar-refractivity contribution in [2.75, 3.05) is 7.11 Å². The zero-order valence-electron chi connectivity index (χ0n) is 17.1. The van der Waals surface area contributed by atoms with E-state index in [1.807, 2.05) is 91.9 Å². The summed E-state index contributed by atoms with van der Waals surface area (Å²) in [6.45, 7) is 2.00. The Bertz CT molecular complexity index is 1020. The lowest BCUT2D eigenvalue weighted by Crippen LogP contribution is -2.36. The third-order valence-electron chi connectivity index (χ3n) is 5.90. The first-order valence-electron chi connectivity index (χ1n) is 10.1. The summed E-state index contributed by atoms with van der Waals surface area (Å²) in [7, 11) is 1.39. The van der Waals surface area contributed by atoms with Crippen LogP contribution in [0.4, 0.5) is 0 Å². The molecule has 1 fully saturated rings. The van der Waals surface area contributed by atoms with Gasteiger partial charge >= 0.3 is 5.97 Å². The van der Waals surface area contributed by atoms with Crippen molar-refractivity contribution in [3.8, 4) is 0 Å². The van der Waals surface area contributed by atoms with Gasteiger partial charge in [-0.15, -0.1) is 0 Å². The molecule has 0 aromatic heterocycles. The van der Waals surface area contributed by atoms with Crippen molar-refractivity contribution in [3.63, 3.8) is 0 Å². The molecule has 2 unspecified atom stereocenters. The van der Waals surface area contributed by atoms with Crippen molar-refractivity contribution >= 4 is 11.8 Å². The molecule has 4 heteroatoms. The number of esters is 1. The van der Waals surface area contributed by atoms with E-state index in [-0.39, 0.29) is 23.7 Å². The molecule has 3 aromatic carbocycles. The summed E-state index contributed by atoms with van der Waals surface area (Å²) in [5.74, 6) is -1.11. The Morgan fingerprint density at radius 2 is 1.37 bits per heavy atom. The molecule has 0 amide bonds. The van der Waals surface area contributed by atoms with Gasteiger partial charge in [-0.25, -0.2) is 0 Å². The molecule has 4 atom stereocenters. The van der Waals surface area contributed by atoms with E-state index in [0.717, 1.165) is 16.7 Å². The van der Waals surface area contributed by atoms with Gasteiger partial charge in [-0.05, 0) is 18.1 Å². The first-order chi connectivity index (χ1) is 14.6. The van der Waals surface area contributed by atoms with Crippen LogP contribution in [0.25, 0.3) is 0 Å². The summed E-state index contributed by atoms with van der Waals surface area (Å²) in [6, 6.07) is 26.3. The highest BCUT2D eigenvalue weighted by atomic mass is 16.5. The van der Waals surface area contributed by atoms with Crippen molar-refractivity contribution < 1.29 is 14.3 Å². The molecule has 4 nitrogen and oxygen atoms in total. The largest absolute Gasteiger partial charge is 0.468 e. The van der Waals surface area contributed by atoms with E-state index in [9.17, 15) is 9.59 Å². The van der Waals surface area contributed by atoms with Crippen LogP contribution in [-0.2, 0) is 9.53 Å². The Labute approximate surface area is 176 Å². The molecule has 1 N–H and O–H groups in total. The van der Waals surface area contributed by atoms with Gasteiger partial charge in [-0.1, -0.05) is 90.5 Å². The second-order valence-electron chi connectivity index (χ2n) is 7.75. The Morgan fingerprint density at radius 3 is 1.93 bits per heavy atom. The zero-order valence-corrected chi connectivity index (χ0v) is 17.1. The lowest BCUT2D eigenvalue weighted by molar-refractivity contribution is -0.143. The predicted molar refractivity (Wildman–Crippen MR) is 116 cm³/mol. The summed E-state index contributed by atoms with van der Waals surface area (Å²) >= 11 is 0. The van der Waals surface area contributed by atoms with E-state index < -0.39 is 12.0 Å². The van der Waals surface area contributed by atoms with Crippen molar-refractivity contribution in [3.05, 3.63) is 107 Å². The number of ether oxygens (including phenoxy) is 1. The minimum absolute atomic E-state index is 0.0246. The van der Waals surface area contributed by atoms with Crippen molar-refractivity contribution in [1.82, 2.24) is 5.32 Å². The summed E-state index contributed by atoms with van der Waals surface area (Å²) in [5.41, 5.74) is 3.68. The van der Waals surface area contributed by atoms with E-state index in [4.69, 9.17) is 4.74 Å². The first-order valence-corrected chi connectivity index (χ1v) is 10.1. The molecule has 4 rings (SSSR count). The highest BCUT2D eigenvalue weighted by Gasteiger charge is 2.51. The zero-order chi connectivity index (χ0) is 21.1. The number of Topliss-reactive ketones (excluding diaryl/α,β-unsaturated/α-hetero) is 1. The van der Waals surface area contributed by atoms with Gasteiger partial charge in [0.15, 0.2) is 5.78 Å². The third-order valence-corrected chi connectivity index (χ3v) is 5.90. The summed E-state index contributed by atoms with van der Waals surface area (Å²) < 4.78 is 5.11. The Morgan fingerprint density at radius 1 is 0.800 bits per heavy atom. The molecule has 0 spiro atoms. The van der Waals surface area contributed by atoms with Crippen LogP contribution in [0, 0.1) is 12.8 Å². The molecule has 1 saturated heterocycles. The van der Waals surface area contributed by atoms with Crippen LogP contribution in [0.1, 0.15) is 39.0 Å². The molecule has 0 radical (unpaired) electrons. The van der Waals surface area contributed by atoms with Crippen LogP contribution in [-0.4, -0.2) is 24.9 Å². The fraction of sp³-hybridized carbons (Fsp3) is 0.231. The van der Waals surface area contributed by atoms with Gasteiger partial charge in [0.1, 0.15) is 6.04 Å². The maximum absolute atomic E-state index is 13.8. The summed E-state index contributed by atoms with van der Waals surface area (Å²) in [4.78, 5) is 26.5. The van der Waals surface area contributed by atoms with Crippen LogP contribution in [0.5, 0.6) is 0 Å². The fourth-order valence-electron chi connectivity index (χ4n) is 4.42. The fourth-order valence-corrected chi connectivity index (χ4v) is 4.42. The van der Waals surface area contributed by atoms with Crippen LogP contribution in [0.15, 0.2) is 84.9 Å². The summed E-state index contributed by atoms with van der Waals surface area (Å²) in [6.07, 6.45) is 0. The van der Waals surface area contributed by atoms with E-state index in [0.29, 0.717) is 5.56 Å². The number of carbonyl (C=O) groups is 2. The van der Waals surface area contributed by atoms with Gasteiger partial charge in [0.2, 0.25) is 0 Å². The highest BCUT2D eigenvalue weighted by molar-refractivity contribution is 6.00. The molecule has 30 heavy (non-hydrogen) atoms.